The Morgan fingerprint density at radius 3 is 2.65 bits per heavy atom. The predicted octanol–water partition coefficient (Wildman–Crippen LogP) is 4.63. The van der Waals surface area contributed by atoms with Crippen molar-refractivity contribution in [2.24, 2.45) is 0 Å². The molecule has 2 aromatic rings. The number of hydrogen-bond acceptors (Lipinski definition) is 3. The van der Waals surface area contributed by atoms with Crippen molar-refractivity contribution in [1.29, 1.82) is 0 Å². The molecule has 1 aliphatic rings. The molecule has 1 atom stereocenters. The number of rotatable bonds is 6. The number of nitrogens with zero attached hydrogens (tertiary/aromatic N) is 2. The summed E-state index contributed by atoms with van der Waals surface area (Å²) in [6, 6.07) is 7.29. The first-order valence-corrected chi connectivity index (χ1v) is 9.01. The number of aromatic nitrogens is 1. The van der Waals surface area contributed by atoms with Crippen molar-refractivity contribution >= 4 is 0 Å². The molecule has 0 amide bonds. The van der Waals surface area contributed by atoms with Crippen LogP contribution in [0.25, 0.3) is 11.3 Å². The minimum atomic E-state index is 0.659. The van der Waals surface area contributed by atoms with Gasteiger partial charge in [0.15, 0.2) is 5.76 Å². The summed E-state index contributed by atoms with van der Waals surface area (Å²) in [7, 11) is 0. The second-order valence-electron chi connectivity index (χ2n) is 6.71. The average Bonchev–Trinajstić information content (AvgIpc) is 2.99. The van der Waals surface area contributed by atoms with Gasteiger partial charge in [-0.2, -0.15) is 0 Å². The summed E-state index contributed by atoms with van der Waals surface area (Å²) in [6.45, 7) is 9.05. The van der Waals surface area contributed by atoms with Crippen LogP contribution >= 0.6 is 0 Å². The lowest BCUT2D eigenvalue weighted by molar-refractivity contribution is 0.180. The summed E-state index contributed by atoms with van der Waals surface area (Å²) in [5, 5.41) is 3.97. The molecule has 1 aliphatic carbocycles. The Hall–Kier alpha value is -1.61. The van der Waals surface area contributed by atoms with E-state index in [9.17, 15) is 0 Å². The molecule has 3 heteroatoms. The maximum absolute atomic E-state index is 5.54. The molecule has 0 fully saturated rings. The summed E-state index contributed by atoms with van der Waals surface area (Å²) in [4.78, 5) is 2.69. The van der Waals surface area contributed by atoms with Crippen LogP contribution in [0.5, 0.6) is 0 Å². The first kappa shape index (κ1) is 16.3. The van der Waals surface area contributed by atoms with Crippen LogP contribution in [0.1, 0.15) is 49.8 Å². The van der Waals surface area contributed by atoms with Crippen LogP contribution < -0.4 is 0 Å². The SMILES string of the molecule is CCCN(CCC)[C@@H]1CCc2cccc(-c3oncc3C)c2C1. The fraction of sp³-hybridized carbons (Fsp3) is 0.550. The highest BCUT2D eigenvalue weighted by atomic mass is 16.5. The molecule has 0 bridgehead atoms. The molecule has 0 unspecified atom stereocenters. The van der Waals surface area contributed by atoms with Gasteiger partial charge in [-0.1, -0.05) is 37.2 Å². The second-order valence-corrected chi connectivity index (χ2v) is 6.71. The number of benzene rings is 1. The van der Waals surface area contributed by atoms with E-state index < -0.39 is 0 Å². The molecular formula is C20H28N2O. The van der Waals surface area contributed by atoms with Gasteiger partial charge in [0.2, 0.25) is 0 Å². The zero-order valence-corrected chi connectivity index (χ0v) is 14.6. The third kappa shape index (κ3) is 3.35. The number of fused-ring (bicyclic) bond motifs is 1. The quantitative estimate of drug-likeness (QED) is 0.779. The van der Waals surface area contributed by atoms with E-state index in [1.54, 1.807) is 0 Å². The van der Waals surface area contributed by atoms with Crippen molar-refractivity contribution in [2.75, 3.05) is 13.1 Å². The highest BCUT2D eigenvalue weighted by Gasteiger charge is 2.26. The van der Waals surface area contributed by atoms with Crippen LogP contribution in [-0.4, -0.2) is 29.2 Å². The molecule has 1 heterocycles. The van der Waals surface area contributed by atoms with Gasteiger partial charge in [0, 0.05) is 17.2 Å². The summed E-state index contributed by atoms with van der Waals surface area (Å²) >= 11 is 0. The van der Waals surface area contributed by atoms with Crippen LogP contribution in [0, 0.1) is 6.92 Å². The Morgan fingerprint density at radius 2 is 2.00 bits per heavy atom. The van der Waals surface area contributed by atoms with E-state index in [0.29, 0.717) is 6.04 Å². The highest BCUT2D eigenvalue weighted by Crippen LogP contribution is 2.34. The largest absolute Gasteiger partial charge is 0.356 e. The Morgan fingerprint density at radius 1 is 1.22 bits per heavy atom. The van der Waals surface area contributed by atoms with Gasteiger partial charge in [-0.15, -0.1) is 0 Å². The molecule has 1 aromatic heterocycles. The number of aryl methyl sites for hydroxylation is 2. The lowest BCUT2D eigenvalue weighted by Gasteiger charge is -2.35. The second kappa shape index (κ2) is 7.31. The monoisotopic (exact) mass is 312 g/mol. The minimum absolute atomic E-state index is 0.659. The molecule has 3 rings (SSSR count). The Bertz CT molecular complexity index is 641. The normalized spacial score (nSPS) is 17.5. The van der Waals surface area contributed by atoms with E-state index in [1.807, 2.05) is 6.20 Å². The van der Waals surface area contributed by atoms with Gasteiger partial charge in [-0.25, -0.2) is 0 Å². The molecule has 0 radical (unpaired) electrons. The molecular weight excluding hydrogens is 284 g/mol. The van der Waals surface area contributed by atoms with Gasteiger partial charge in [-0.05, 0) is 63.2 Å². The van der Waals surface area contributed by atoms with Crippen LogP contribution in [0.4, 0.5) is 0 Å². The third-order valence-corrected chi connectivity index (χ3v) is 4.99. The standard InChI is InChI=1S/C20H28N2O/c1-4-11-22(12-5-2)17-10-9-16-7-6-8-18(19(16)13-17)20-15(3)14-21-23-20/h6-8,14,17H,4-5,9-13H2,1-3H3/t17-/m1/s1. The fourth-order valence-electron chi connectivity index (χ4n) is 3.90. The van der Waals surface area contributed by atoms with E-state index >= 15 is 0 Å². The van der Waals surface area contributed by atoms with E-state index in [-0.39, 0.29) is 0 Å². The van der Waals surface area contributed by atoms with Crippen LogP contribution in [-0.2, 0) is 12.8 Å². The molecule has 23 heavy (non-hydrogen) atoms. The highest BCUT2D eigenvalue weighted by molar-refractivity contribution is 5.67. The Kier molecular flexibility index (Phi) is 5.16. The molecule has 0 N–H and O–H groups in total. The first-order chi connectivity index (χ1) is 11.2. The van der Waals surface area contributed by atoms with Gasteiger partial charge >= 0.3 is 0 Å². The summed E-state index contributed by atoms with van der Waals surface area (Å²) in [6.07, 6.45) is 7.84. The van der Waals surface area contributed by atoms with E-state index in [0.717, 1.165) is 17.7 Å². The number of hydrogen-bond donors (Lipinski definition) is 0. The zero-order valence-electron chi connectivity index (χ0n) is 14.6. The van der Waals surface area contributed by atoms with Crippen molar-refractivity contribution in [2.45, 2.75) is 58.9 Å². The smallest absolute Gasteiger partial charge is 0.170 e. The van der Waals surface area contributed by atoms with Crippen molar-refractivity contribution in [3.63, 3.8) is 0 Å². The maximum atomic E-state index is 5.54. The van der Waals surface area contributed by atoms with Gasteiger partial charge in [0.05, 0.1) is 6.20 Å². The van der Waals surface area contributed by atoms with Crippen molar-refractivity contribution < 1.29 is 4.52 Å². The fourth-order valence-corrected chi connectivity index (χ4v) is 3.90. The lowest BCUT2D eigenvalue weighted by Crippen LogP contribution is -2.40. The van der Waals surface area contributed by atoms with E-state index in [1.165, 1.54) is 55.5 Å². The topological polar surface area (TPSA) is 29.3 Å². The third-order valence-electron chi connectivity index (χ3n) is 4.99. The van der Waals surface area contributed by atoms with Crippen molar-refractivity contribution in [3.05, 3.63) is 41.1 Å². The lowest BCUT2D eigenvalue weighted by atomic mass is 9.83. The molecule has 0 spiro atoms. The molecule has 0 saturated carbocycles. The molecule has 0 saturated heterocycles. The predicted molar refractivity (Wildman–Crippen MR) is 94.6 cm³/mol. The molecule has 0 aliphatic heterocycles. The Labute approximate surface area is 139 Å². The van der Waals surface area contributed by atoms with Crippen LogP contribution in [0.2, 0.25) is 0 Å². The maximum Gasteiger partial charge on any atom is 0.170 e. The van der Waals surface area contributed by atoms with Gasteiger partial charge in [0.1, 0.15) is 0 Å². The molecule has 124 valence electrons. The van der Waals surface area contributed by atoms with Crippen LogP contribution in [0.15, 0.2) is 28.9 Å². The van der Waals surface area contributed by atoms with Crippen molar-refractivity contribution in [1.82, 2.24) is 10.1 Å². The molecule has 3 nitrogen and oxygen atoms in total. The summed E-state index contributed by atoms with van der Waals surface area (Å²) in [5.41, 5.74) is 5.33. The van der Waals surface area contributed by atoms with E-state index in [2.05, 4.69) is 49.0 Å². The van der Waals surface area contributed by atoms with Gasteiger partial charge in [-0.3, -0.25) is 0 Å². The first-order valence-electron chi connectivity index (χ1n) is 9.01. The zero-order chi connectivity index (χ0) is 16.2. The Balaban J connectivity index is 1.91. The summed E-state index contributed by atoms with van der Waals surface area (Å²) < 4.78 is 5.54. The minimum Gasteiger partial charge on any atom is -0.356 e. The van der Waals surface area contributed by atoms with Crippen molar-refractivity contribution in [3.8, 4) is 11.3 Å². The van der Waals surface area contributed by atoms with E-state index in [4.69, 9.17) is 4.52 Å². The van der Waals surface area contributed by atoms with Gasteiger partial charge < -0.3 is 9.42 Å². The van der Waals surface area contributed by atoms with Gasteiger partial charge in [0.25, 0.3) is 0 Å². The average molecular weight is 312 g/mol. The summed E-state index contributed by atoms with van der Waals surface area (Å²) in [5.74, 6) is 0.944. The molecule has 1 aromatic carbocycles. The van der Waals surface area contributed by atoms with Crippen LogP contribution in [0.3, 0.4) is 0 Å².